The second-order valence-electron chi connectivity index (χ2n) is 21.2. The van der Waals surface area contributed by atoms with Crippen LogP contribution in [-0.4, -0.2) is 37.2 Å². The number of unbranched alkanes of at least 4 members (excludes halogenated alkanes) is 18. The normalized spacial score (nSPS) is 13.3. The van der Waals surface area contributed by atoms with Gasteiger partial charge in [0.15, 0.2) is 6.10 Å². The van der Waals surface area contributed by atoms with Crippen LogP contribution in [-0.2, 0) is 28.6 Å². The molecule has 0 spiro atoms. The van der Waals surface area contributed by atoms with Crippen LogP contribution in [0.3, 0.4) is 0 Å². The lowest BCUT2D eigenvalue weighted by molar-refractivity contribution is -0.166. The Morgan fingerprint density at radius 1 is 0.253 bits per heavy atom. The van der Waals surface area contributed by atoms with Crippen molar-refractivity contribution >= 4 is 17.9 Å². The summed E-state index contributed by atoms with van der Waals surface area (Å²) < 4.78 is 16.8. The van der Waals surface area contributed by atoms with E-state index < -0.39 is 18.0 Å². The lowest BCUT2D eigenvalue weighted by Crippen LogP contribution is -2.30. The molecule has 0 amide bonds. The number of rotatable bonds is 58. The van der Waals surface area contributed by atoms with E-state index in [1.165, 1.54) is 96.3 Å². The molecular weight excluding hydrogens is 1020 g/mol. The van der Waals surface area contributed by atoms with Gasteiger partial charge in [0.1, 0.15) is 13.2 Å². The number of carbonyl (C=O) groups is 3. The minimum Gasteiger partial charge on any atom is -0.462 e. The van der Waals surface area contributed by atoms with E-state index in [4.69, 9.17) is 14.2 Å². The standard InChI is InChI=1S/C77H120O6/c1-4-7-10-13-16-19-22-25-28-30-31-32-33-34-35-36-37-38-39-40-41-42-43-44-45-47-49-52-55-58-61-64-67-70-76(79)82-73-74(72-81-75(78)69-66-63-60-57-54-51-48-27-24-21-18-15-12-9-6-3)83-77(80)71-68-65-62-59-56-53-50-46-29-26-23-20-17-14-11-8-5-2/h7-12,16-21,25-29,31-32,34-35,48,50,53-54,57,59,62-63,66,74H,4-6,13-15,22-24,30,33,36-47,49,51-52,55-56,58,60-61,64-65,67-73H2,1-3H3/b10-7-,11-8-,12-9-,19-16-,20-17-,21-18-,28-25-,29-26-,32-31-,35-34-,48-27-,53-50-,57-54-,62-59-,66-63-. The molecule has 0 N–H and O–H groups in total. The van der Waals surface area contributed by atoms with Gasteiger partial charge in [-0.2, -0.15) is 0 Å². The third-order valence-electron chi connectivity index (χ3n) is 13.4. The molecule has 0 aliphatic rings. The van der Waals surface area contributed by atoms with Crippen molar-refractivity contribution in [3.8, 4) is 0 Å². The number of ether oxygens (including phenoxy) is 3. The number of esters is 3. The maximum atomic E-state index is 12.9. The number of hydrogen-bond acceptors (Lipinski definition) is 6. The van der Waals surface area contributed by atoms with Crippen LogP contribution in [0.4, 0.5) is 0 Å². The summed E-state index contributed by atoms with van der Waals surface area (Å²) in [6.45, 7) is 6.16. The van der Waals surface area contributed by atoms with Gasteiger partial charge >= 0.3 is 17.9 Å². The molecule has 0 bridgehead atoms. The first-order chi connectivity index (χ1) is 41.0. The monoisotopic (exact) mass is 1140 g/mol. The Kier molecular flexibility index (Phi) is 64.4. The molecular formula is C77H120O6. The van der Waals surface area contributed by atoms with Crippen molar-refractivity contribution in [2.45, 2.75) is 271 Å². The average Bonchev–Trinajstić information content (AvgIpc) is 3.49. The predicted molar refractivity (Wildman–Crippen MR) is 361 cm³/mol. The minimum atomic E-state index is -0.857. The van der Waals surface area contributed by atoms with Gasteiger partial charge in [0.05, 0.1) is 6.42 Å². The molecule has 0 aliphatic heterocycles. The van der Waals surface area contributed by atoms with Crippen LogP contribution < -0.4 is 0 Å². The van der Waals surface area contributed by atoms with E-state index in [1.54, 1.807) is 6.08 Å². The van der Waals surface area contributed by atoms with E-state index in [1.807, 2.05) is 6.08 Å². The van der Waals surface area contributed by atoms with Crippen molar-refractivity contribution in [1.82, 2.24) is 0 Å². The highest BCUT2D eigenvalue weighted by Crippen LogP contribution is 2.16. The SMILES string of the molecule is CC/C=C\C/C=C\C/C=C\C/C=C\C/C=C\CCCCCCCCCCCCCCCCCCCC(=O)OCC(COC(=O)C/C=C\C/C=C\C/C=C\C/C=C\C/C=C\CC)OC(=O)CCC/C=C\C/C=C\C/C=C\C/C=C\C/C=C\CC. The molecule has 1 atom stereocenters. The summed E-state index contributed by atoms with van der Waals surface area (Å²) in [5, 5.41) is 0. The van der Waals surface area contributed by atoms with E-state index in [0.717, 1.165) is 122 Å². The number of allylic oxidation sites excluding steroid dienone is 29. The Balaban J connectivity index is 4.35. The van der Waals surface area contributed by atoms with Gasteiger partial charge in [0.25, 0.3) is 0 Å². The average molecular weight is 1140 g/mol. The van der Waals surface area contributed by atoms with E-state index >= 15 is 0 Å². The molecule has 0 heterocycles. The quantitative estimate of drug-likeness (QED) is 0.0261. The highest BCUT2D eigenvalue weighted by molar-refractivity contribution is 5.72. The zero-order chi connectivity index (χ0) is 59.9. The van der Waals surface area contributed by atoms with Gasteiger partial charge in [-0.25, -0.2) is 0 Å². The molecule has 0 rings (SSSR count). The van der Waals surface area contributed by atoms with E-state index in [2.05, 4.69) is 191 Å². The summed E-state index contributed by atoms with van der Waals surface area (Å²) in [7, 11) is 0. The topological polar surface area (TPSA) is 78.9 Å². The Morgan fingerprint density at radius 3 is 0.819 bits per heavy atom. The maximum Gasteiger partial charge on any atom is 0.309 e. The summed E-state index contributed by atoms with van der Waals surface area (Å²) in [5.41, 5.74) is 0. The van der Waals surface area contributed by atoms with Gasteiger partial charge in [0.2, 0.25) is 0 Å². The van der Waals surface area contributed by atoms with Crippen molar-refractivity contribution in [3.05, 3.63) is 182 Å². The molecule has 83 heavy (non-hydrogen) atoms. The molecule has 0 aliphatic carbocycles. The molecule has 0 aromatic heterocycles. The van der Waals surface area contributed by atoms with E-state index in [-0.39, 0.29) is 32.0 Å². The van der Waals surface area contributed by atoms with Gasteiger partial charge in [-0.05, 0) is 128 Å². The van der Waals surface area contributed by atoms with Crippen molar-refractivity contribution in [1.29, 1.82) is 0 Å². The van der Waals surface area contributed by atoms with Gasteiger partial charge in [-0.15, -0.1) is 0 Å². The Morgan fingerprint density at radius 2 is 0.494 bits per heavy atom. The lowest BCUT2D eigenvalue weighted by Gasteiger charge is -2.18. The smallest absolute Gasteiger partial charge is 0.309 e. The van der Waals surface area contributed by atoms with Crippen LogP contribution in [0.1, 0.15) is 265 Å². The molecule has 0 saturated heterocycles. The summed E-state index contributed by atoms with van der Waals surface area (Å²) in [6, 6.07) is 0. The largest absolute Gasteiger partial charge is 0.462 e. The van der Waals surface area contributed by atoms with E-state index in [9.17, 15) is 14.4 Å². The molecule has 6 nitrogen and oxygen atoms in total. The first-order valence-electron chi connectivity index (χ1n) is 33.3. The lowest BCUT2D eigenvalue weighted by atomic mass is 10.0. The Labute approximate surface area is 510 Å². The van der Waals surface area contributed by atoms with Crippen molar-refractivity contribution in [2.75, 3.05) is 13.2 Å². The van der Waals surface area contributed by atoms with Crippen molar-refractivity contribution < 1.29 is 28.6 Å². The molecule has 0 aromatic carbocycles. The molecule has 0 radical (unpaired) electrons. The predicted octanol–water partition coefficient (Wildman–Crippen LogP) is 23.2. The zero-order valence-electron chi connectivity index (χ0n) is 53.1. The molecule has 0 aromatic rings. The van der Waals surface area contributed by atoms with Gasteiger partial charge in [0, 0.05) is 12.8 Å². The summed E-state index contributed by atoms with van der Waals surface area (Å²) in [6.07, 6.45) is 104. The molecule has 0 fully saturated rings. The fourth-order valence-corrected chi connectivity index (χ4v) is 8.58. The van der Waals surface area contributed by atoms with Gasteiger partial charge in [-0.1, -0.05) is 299 Å². The van der Waals surface area contributed by atoms with Crippen LogP contribution in [0.2, 0.25) is 0 Å². The highest BCUT2D eigenvalue weighted by atomic mass is 16.6. The van der Waals surface area contributed by atoms with Crippen molar-refractivity contribution in [3.63, 3.8) is 0 Å². The summed E-state index contributed by atoms with van der Waals surface area (Å²) in [5.74, 6) is -1.13. The molecule has 1 unspecified atom stereocenters. The van der Waals surface area contributed by atoms with Crippen LogP contribution in [0.15, 0.2) is 182 Å². The van der Waals surface area contributed by atoms with Crippen molar-refractivity contribution in [2.24, 2.45) is 0 Å². The third kappa shape index (κ3) is 67.2. The summed E-state index contributed by atoms with van der Waals surface area (Å²) >= 11 is 0. The number of carbonyl (C=O) groups excluding carboxylic acids is 3. The maximum absolute atomic E-state index is 12.9. The highest BCUT2D eigenvalue weighted by Gasteiger charge is 2.19. The molecule has 6 heteroatoms. The Bertz CT molecular complexity index is 1940. The van der Waals surface area contributed by atoms with Crippen LogP contribution >= 0.6 is 0 Å². The van der Waals surface area contributed by atoms with Crippen LogP contribution in [0.5, 0.6) is 0 Å². The number of hydrogen-bond donors (Lipinski definition) is 0. The first kappa shape index (κ1) is 77.5. The second-order valence-corrected chi connectivity index (χ2v) is 21.2. The zero-order valence-corrected chi connectivity index (χ0v) is 53.1. The summed E-state index contributed by atoms with van der Waals surface area (Å²) in [4.78, 5) is 38.2. The molecule has 464 valence electrons. The Hall–Kier alpha value is -5.49. The fourth-order valence-electron chi connectivity index (χ4n) is 8.58. The van der Waals surface area contributed by atoms with Crippen LogP contribution in [0.25, 0.3) is 0 Å². The van der Waals surface area contributed by atoms with Gasteiger partial charge in [-0.3, -0.25) is 14.4 Å². The third-order valence-corrected chi connectivity index (χ3v) is 13.4. The first-order valence-corrected chi connectivity index (χ1v) is 33.3. The van der Waals surface area contributed by atoms with Gasteiger partial charge < -0.3 is 14.2 Å². The van der Waals surface area contributed by atoms with Crippen LogP contribution in [0, 0.1) is 0 Å². The minimum absolute atomic E-state index is 0.108. The second kappa shape index (κ2) is 69.0. The fraction of sp³-hybridized carbons (Fsp3) is 0.571. The van der Waals surface area contributed by atoms with E-state index in [0.29, 0.717) is 12.8 Å². The molecule has 0 saturated carbocycles.